The zero-order chi connectivity index (χ0) is 25.9. The summed E-state index contributed by atoms with van der Waals surface area (Å²) >= 11 is 0. The number of aromatic nitrogens is 4. The van der Waals surface area contributed by atoms with E-state index in [0.29, 0.717) is 22.9 Å². The summed E-state index contributed by atoms with van der Waals surface area (Å²) in [6, 6.07) is 15.3. The van der Waals surface area contributed by atoms with Gasteiger partial charge in [0.1, 0.15) is 11.4 Å². The lowest BCUT2D eigenvalue weighted by Gasteiger charge is -2.19. The van der Waals surface area contributed by atoms with Crippen molar-refractivity contribution in [2.45, 2.75) is 37.1 Å². The molecule has 4 aromatic rings. The fraction of sp³-hybridized carbons (Fsp3) is 0.280. The zero-order valence-corrected chi connectivity index (χ0v) is 21.2. The fourth-order valence-corrected chi connectivity index (χ4v) is 3.98. The Labute approximate surface area is 209 Å². The van der Waals surface area contributed by atoms with Gasteiger partial charge in [0.25, 0.3) is 5.89 Å². The van der Waals surface area contributed by atoms with Crippen LogP contribution in [0.5, 0.6) is 0 Å². The molecule has 0 aliphatic heterocycles. The van der Waals surface area contributed by atoms with Gasteiger partial charge in [0.05, 0.1) is 17.5 Å². The molecule has 0 unspecified atom stereocenters. The van der Waals surface area contributed by atoms with Gasteiger partial charge < -0.3 is 20.3 Å². The SMILES string of the molecule is CC(C)(C)c1noc(-c2cnc(Nc3ccc(S(C)(=O)=O)cc3)nc2N[C@H](CO)c2ccccc2)n1. The van der Waals surface area contributed by atoms with Crippen molar-refractivity contribution in [3.63, 3.8) is 0 Å². The number of anilines is 3. The lowest BCUT2D eigenvalue weighted by Crippen LogP contribution is -2.17. The Morgan fingerprint density at radius 3 is 2.31 bits per heavy atom. The topological polar surface area (TPSA) is 143 Å². The van der Waals surface area contributed by atoms with E-state index in [1.807, 2.05) is 51.1 Å². The molecule has 10 nitrogen and oxygen atoms in total. The lowest BCUT2D eigenvalue weighted by atomic mass is 9.96. The molecule has 0 saturated carbocycles. The molecule has 0 radical (unpaired) electrons. The van der Waals surface area contributed by atoms with Crippen LogP contribution < -0.4 is 10.6 Å². The predicted molar refractivity (Wildman–Crippen MR) is 137 cm³/mol. The van der Waals surface area contributed by atoms with Crippen LogP contribution >= 0.6 is 0 Å². The quantitative estimate of drug-likeness (QED) is 0.318. The number of hydrogen-bond acceptors (Lipinski definition) is 10. The second-order valence-corrected chi connectivity index (χ2v) is 11.4. The molecule has 2 aromatic carbocycles. The third kappa shape index (κ3) is 5.86. The normalized spacial score (nSPS) is 12.8. The van der Waals surface area contributed by atoms with Gasteiger partial charge in [-0.05, 0) is 29.8 Å². The van der Waals surface area contributed by atoms with Crippen LogP contribution in [-0.2, 0) is 15.3 Å². The summed E-state index contributed by atoms with van der Waals surface area (Å²) in [6.07, 6.45) is 2.71. The minimum Gasteiger partial charge on any atom is -0.394 e. The first-order chi connectivity index (χ1) is 17.0. The zero-order valence-electron chi connectivity index (χ0n) is 20.4. The molecule has 0 spiro atoms. The smallest absolute Gasteiger partial charge is 0.263 e. The van der Waals surface area contributed by atoms with Gasteiger partial charge in [-0.3, -0.25) is 0 Å². The lowest BCUT2D eigenvalue weighted by molar-refractivity contribution is 0.276. The Hall–Kier alpha value is -3.83. The predicted octanol–water partition coefficient (Wildman–Crippen LogP) is 4.12. The second kappa shape index (κ2) is 10.0. The van der Waals surface area contributed by atoms with Gasteiger partial charge in [-0.15, -0.1) is 0 Å². The van der Waals surface area contributed by atoms with Gasteiger partial charge in [0.15, 0.2) is 15.7 Å². The van der Waals surface area contributed by atoms with Crippen molar-refractivity contribution in [1.82, 2.24) is 20.1 Å². The van der Waals surface area contributed by atoms with Crippen LogP contribution in [0.2, 0.25) is 0 Å². The van der Waals surface area contributed by atoms with Crippen LogP contribution in [0.3, 0.4) is 0 Å². The minimum absolute atomic E-state index is 0.180. The first-order valence-electron chi connectivity index (χ1n) is 11.3. The summed E-state index contributed by atoms with van der Waals surface area (Å²) in [5.74, 6) is 1.43. The van der Waals surface area contributed by atoms with E-state index in [9.17, 15) is 13.5 Å². The molecule has 188 valence electrons. The van der Waals surface area contributed by atoms with Crippen LogP contribution in [0.25, 0.3) is 11.5 Å². The van der Waals surface area contributed by atoms with Crippen LogP contribution in [0.4, 0.5) is 17.5 Å². The first kappa shape index (κ1) is 25.3. The largest absolute Gasteiger partial charge is 0.394 e. The highest BCUT2D eigenvalue weighted by Gasteiger charge is 2.24. The van der Waals surface area contributed by atoms with Crippen LogP contribution in [-0.4, -0.2) is 46.5 Å². The summed E-state index contributed by atoms with van der Waals surface area (Å²) < 4.78 is 29.0. The number of sulfone groups is 1. The molecular weight excluding hydrogens is 480 g/mol. The number of benzene rings is 2. The number of rotatable bonds is 8. The molecule has 36 heavy (non-hydrogen) atoms. The van der Waals surface area contributed by atoms with Gasteiger partial charge in [-0.2, -0.15) is 9.97 Å². The summed E-state index contributed by atoms with van der Waals surface area (Å²) in [7, 11) is -3.30. The molecule has 3 N–H and O–H groups in total. The highest BCUT2D eigenvalue weighted by Crippen LogP contribution is 2.31. The van der Waals surface area contributed by atoms with Gasteiger partial charge in [0, 0.05) is 23.6 Å². The van der Waals surface area contributed by atoms with Crippen LogP contribution in [0, 0.1) is 0 Å². The van der Waals surface area contributed by atoms with Gasteiger partial charge >= 0.3 is 0 Å². The molecule has 0 bridgehead atoms. The number of nitrogens with one attached hydrogen (secondary N) is 2. The Morgan fingerprint density at radius 1 is 1.03 bits per heavy atom. The maximum absolute atomic E-state index is 11.7. The average molecular weight is 509 g/mol. The van der Waals surface area contributed by atoms with Gasteiger partial charge in [0.2, 0.25) is 5.95 Å². The van der Waals surface area contributed by atoms with Crippen molar-refractivity contribution in [1.29, 1.82) is 0 Å². The van der Waals surface area contributed by atoms with E-state index >= 15 is 0 Å². The van der Waals surface area contributed by atoms with Crippen molar-refractivity contribution >= 4 is 27.3 Å². The molecule has 0 aliphatic rings. The van der Waals surface area contributed by atoms with E-state index in [2.05, 4.69) is 30.7 Å². The van der Waals surface area contributed by atoms with E-state index in [4.69, 9.17) is 4.52 Å². The number of hydrogen-bond donors (Lipinski definition) is 3. The van der Waals surface area contributed by atoms with Crippen molar-refractivity contribution in [3.05, 3.63) is 72.2 Å². The number of nitrogens with zero attached hydrogens (tertiary/aromatic N) is 4. The van der Waals surface area contributed by atoms with E-state index in [-0.39, 0.29) is 28.8 Å². The molecule has 0 amide bonds. The molecule has 2 aromatic heterocycles. The summed E-state index contributed by atoms with van der Waals surface area (Å²) in [6.45, 7) is 5.77. The van der Waals surface area contributed by atoms with Crippen LogP contribution in [0.15, 0.2) is 70.2 Å². The maximum Gasteiger partial charge on any atom is 0.263 e. The number of aliphatic hydroxyl groups is 1. The standard InChI is InChI=1S/C25H28N6O4S/c1-25(2,3)23-30-22(35-31-23)19-14-26-24(27-17-10-12-18(13-11-17)36(4,33)34)29-21(19)28-20(15-32)16-8-6-5-7-9-16/h5-14,20,32H,15H2,1-4H3,(H2,26,27,28,29)/t20-/m1/s1. The first-order valence-corrected chi connectivity index (χ1v) is 13.1. The van der Waals surface area contributed by atoms with E-state index in [0.717, 1.165) is 11.8 Å². The number of aliphatic hydroxyl groups excluding tert-OH is 1. The highest BCUT2D eigenvalue weighted by atomic mass is 32.2. The average Bonchev–Trinajstić information content (AvgIpc) is 3.34. The Morgan fingerprint density at radius 2 is 1.72 bits per heavy atom. The highest BCUT2D eigenvalue weighted by molar-refractivity contribution is 7.90. The molecule has 4 rings (SSSR count). The van der Waals surface area contributed by atoms with Crippen molar-refractivity contribution in [2.75, 3.05) is 23.5 Å². The summed E-state index contributed by atoms with van der Waals surface area (Å²) in [5.41, 5.74) is 1.64. The molecule has 0 saturated heterocycles. The third-order valence-corrected chi connectivity index (χ3v) is 6.48. The molecule has 2 heterocycles. The van der Waals surface area contributed by atoms with Crippen molar-refractivity contribution < 1.29 is 18.0 Å². The van der Waals surface area contributed by atoms with Gasteiger partial charge in [-0.25, -0.2) is 13.4 Å². The summed E-state index contributed by atoms with van der Waals surface area (Å²) in [5, 5.41) is 20.5. The van der Waals surface area contributed by atoms with Gasteiger partial charge in [-0.1, -0.05) is 56.3 Å². The Balaban J connectivity index is 1.70. The van der Waals surface area contributed by atoms with E-state index in [1.54, 1.807) is 18.3 Å². The molecular formula is C25H28N6O4S. The molecule has 11 heteroatoms. The van der Waals surface area contributed by atoms with Crippen LogP contribution in [0.1, 0.15) is 38.2 Å². The Kier molecular flexibility index (Phi) is 7.04. The molecule has 0 aliphatic carbocycles. The molecule has 0 fully saturated rings. The third-order valence-electron chi connectivity index (χ3n) is 5.35. The maximum atomic E-state index is 11.7. The molecule has 1 atom stereocenters. The van der Waals surface area contributed by atoms with E-state index in [1.165, 1.54) is 12.1 Å². The van der Waals surface area contributed by atoms with Crippen molar-refractivity contribution in [3.8, 4) is 11.5 Å². The minimum atomic E-state index is -3.30. The fourth-order valence-electron chi connectivity index (χ4n) is 3.35. The monoisotopic (exact) mass is 508 g/mol. The van der Waals surface area contributed by atoms with Crippen molar-refractivity contribution in [2.24, 2.45) is 0 Å². The summed E-state index contributed by atoms with van der Waals surface area (Å²) in [4.78, 5) is 13.7. The van der Waals surface area contributed by atoms with E-state index < -0.39 is 15.9 Å². The Bertz CT molecular complexity index is 1430. The second-order valence-electron chi connectivity index (χ2n) is 9.34.